The Kier molecular flexibility index (Phi) is 9.54. The van der Waals surface area contributed by atoms with Crippen molar-refractivity contribution in [2.45, 2.75) is 76.7 Å². The Hall–Kier alpha value is -4.83. The summed E-state index contributed by atoms with van der Waals surface area (Å²) in [5, 5.41) is 11.0. The summed E-state index contributed by atoms with van der Waals surface area (Å²) in [4.78, 5) is 30.4. The molecule has 0 aromatic heterocycles. The average molecular weight is 698 g/mol. The Morgan fingerprint density at radius 1 is 1.00 bits per heavy atom. The standard InChI is InChI=1S/C39H43N3O9/c1-21-14-25-15-27-29(17-40)42-28(34(41(27)4)32(25)38(35(21)46-6)48-19-45-5)16-26-33(39-37(49-20-50-39)22(2)36(26)51-23(3)43)30(42)18-47-31(44)13-12-24-10-8-7-9-11-24/h7-11,14,27-30,34H,12-13,15-16,18-20H2,1-6H3/t27-,28?,29+,30+,34+/m1/s1. The van der Waals surface area contributed by atoms with Gasteiger partial charge in [0.15, 0.2) is 29.8 Å². The number of benzene rings is 3. The molecular formula is C39H43N3O9. The lowest BCUT2D eigenvalue weighted by Gasteiger charge is -2.59. The average Bonchev–Trinajstić information content (AvgIpc) is 3.61. The van der Waals surface area contributed by atoms with Crippen LogP contribution >= 0.6 is 0 Å². The van der Waals surface area contributed by atoms with E-state index in [9.17, 15) is 14.9 Å². The van der Waals surface area contributed by atoms with Crippen LogP contribution in [0.3, 0.4) is 0 Å². The molecule has 4 aliphatic rings. The number of rotatable bonds is 10. The van der Waals surface area contributed by atoms with Crippen molar-refractivity contribution >= 4 is 11.9 Å². The van der Waals surface area contributed by atoms with E-state index in [2.05, 4.69) is 21.9 Å². The van der Waals surface area contributed by atoms with Gasteiger partial charge >= 0.3 is 11.9 Å². The molecule has 0 radical (unpaired) electrons. The van der Waals surface area contributed by atoms with Crippen molar-refractivity contribution in [3.05, 3.63) is 75.3 Å². The fraction of sp³-hybridized carbons (Fsp3) is 0.462. The number of aryl methyl sites for hydroxylation is 2. The Labute approximate surface area is 297 Å². The number of nitrogens with zero attached hydrogens (tertiary/aromatic N) is 3. The van der Waals surface area contributed by atoms with Crippen molar-refractivity contribution in [3.8, 4) is 34.8 Å². The first-order valence-electron chi connectivity index (χ1n) is 17.2. The van der Waals surface area contributed by atoms with Gasteiger partial charge in [-0.2, -0.15) is 5.26 Å². The van der Waals surface area contributed by atoms with Gasteiger partial charge in [0.1, 0.15) is 18.4 Å². The van der Waals surface area contributed by atoms with Crippen molar-refractivity contribution in [3.63, 3.8) is 0 Å². The molecule has 0 saturated carbocycles. The van der Waals surface area contributed by atoms with Crippen molar-refractivity contribution in [1.82, 2.24) is 9.80 Å². The van der Waals surface area contributed by atoms with E-state index in [0.29, 0.717) is 59.1 Å². The van der Waals surface area contributed by atoms with Crippen LogP contribution in [0.4, 0.5) is 0 Å². The van der Waals surface area contributed by atoms with Gasteiger partial charge in [-0.25, -0.2) is 0 Å². The summed E-state index contributed by atoms with van der Waals surface area (Å²) in [6, 6.07) is 12.5. The fourth-order valence-electron chi connectivity index (χ4n) is 8.65. The van der Waals surface area contributed by atoms with Crippen LogP contribution in [0.25, 0.3) is 0 Å². The van der Waals surface area contributed by atoms with E-state index in [0.717, 1.165) is 27.8 Å². The van der Waals surface area contributed by atoms with Gasteiger partial charge < -0.3 is 33.2 Å². The van der Waals surface area contributed by atoms with Gasteiger partial charge in [-0.05, 0) is 56.8 Å². The molecule has 3 aromatic rings. The minimum Gasteiger partial charge on any atom is -0.493 e. The van der Waals surface area contributed by atoms with Gasteiger partial charge in [0.05, 0.1) is 25.3 Å². The molecule has 12 heteroatoms. The number of nitriles is 1. The van der Waals surface area contributed by atoms with E-state index in [-0.39, 0.29) is 50.7 Å². The summed E-state index contributed by atoms with van der Waals surface area (Å²) in [5.74, 6) is 1.78. The SMILES string of the molecule is COCOc1c(OC)c(C)cc2c1[C@@H]1C3Cc4c(OC(C)=O)c(C)c5c(c4[C@H](COC(=O)CCc4ccccc4)N3[C@@H](C#N)[C@@H](C2)N1C)OCO5. The molecular weight excluding hydrogens is 654 g/mol. The zero-order valence-electron chi connectivity index (χ0n) is 29.8. The first-order chi connectivity index (χ1) is 24.7. The Balaban J connectivity index is 1.38. The van der Waals surface area contributed by atoms with E-state index in [4.69, 9.17) is 33.2 Å². The van der Waals surface area contributed by atoms with Gasteiger partial charge in [-0.15, -0.1) is 0 Å². The molecule has 268 valence electrons. The summed E-state index contributed by atoms with van der Waals surface area (Å²) in [6.07, 6.45) is 1.71. The van der Waals surface area contributed by atoms with Crippen molar-refractivity contribution in [2.24, 2.45) is 0 Å². The minimum absolute atomic E-state index is 0.0124. The van der Waals surface area contributed by atoms with Crippen LogP contribution < -0.4 is 23.7 Å². The molecule has 1 unspecified atom stereocenters. The number of fused-ring (bicyclic) bond motifs is 9. The second-order valence-corrected chi connectivity index (χ2v) is 13.5. The maximum absolute atomic E-state index is 13.4. The molecule has 12 nitrogen and oxygen atoms in total. The van der Waals surface area contributed by atoms with Crippen LogP contribution in [0.15, 0.2) is 36.4 Å². The Morgan fingerprint density at radius 3 is 2.47 bits per heavy atom. The van der Waals surface area contributed by atoms with Crippen LogP contribution in [-0.4, -0.2) is 81.3 Å². The molecule has 5 atom stereocenters. The molecule has 0 N–H and O–H groups in total. The van der Waals surface area contributed by atoms with E-state index < -0.39 is 18.1 Å². The van der Waals surface area contributed by atoms with E-state index in [1.807, 2.05) is 51.2 Å². The predicted molar refractivity (Wildman–Crippen MR) is 184 cm³/mol. The monoisotopic (exact) mass is 697 g/mol. The number of likely N-dealkylation sites (N-methyl/N-ethyl adjacent to an activating group) is 1. The third-order valence-corrected chi connectivity index (χ3v) is 10.7. The van der Waals surface area contributed by atoms with Crippen LogP contribution in [-0.2, 0) is 38.3 Å². The predicted octanol–water partition coefficient (Wildman–Crippen LogP) is 4.90. The molecule has 0 aliphatic carbocycles. The summed E-state index contributed by atoms with van der Waals surface area (Å²) in [7, 11) is 5.24. The van der Waals surface area contributed by atoms with E-state index >= 15 is 0 Å². The van der Waals surface area contributed by atoms with E-state index in [1.54, 1.807) is 14.2 Å². The van der Waals surface area contributed by atoms with Crippen LogP contribution in [0, 0.1) is 25.2 Å². The lowest BCUT2D eigenvalue weighted by atomic mass is 9.71. The number of carbonyl (C=O) groups is 2. The summed E-state index contributed by atoms with van der Waals surface area (Å²) in [6.45, 7) is 5.16. The molecule has 51 heavy (non-hydrogen) atoms. The van der Waals surface area contributed by atoms with Crippen molar-refractivity contribution in [1.29, 1.82) is 5.26 Å². The third-order valence-electron chi connectivity index (χ3n) is 10.7. The molecule has 3 aromatic carbocycles. The Bertz CT molecular complexity index is 1890. The highest BCUT2D eigenvalue weighted by Gasteiger charge is 2.57. The lowest BCUT2D eigenvalue weighted by Crippen LogP contribution is -2.68. The van der Waals surface area contributed by atoms with Gasteiger partial charge in [-0.3, -0.25) is 19.4 Å². The highest BCUT2D eigenvalue weighted by Crippen LogP contribution is 2.58. The van der Waals surface area contributed by atoms with E-state index in [1.165, 1.54) is 6.92 Å². The molecule has 0 amide bonds. The molecule has 1 fully saturated rings. The largest absolute Gasteiger partial charge is 0.493 e. The minimum atomic E-state index is -0.620. The lowest BCUT2D eigenvalue weighted by molar-refractivity contribution is -0.149. The second-order valence-electron chi connectivity index (χ2n) is 13.5. The van der Waals surface area contributed by atoms with Gasteiger partial charge in [0, 0.05) is 54.8 Å². The molecule has 0 spiro atoms. The number of methoxy groups -OCH3 is 2. The molecule has 1 saturated heterocycles. The number of esters is 2. The van der Waals surface area contributed by atoms with Crippen LogP contribution in [0.2, 0.25) is 0 Å². The number of carbonyl (C=O) groups excluding carboxylic acids is 2. The summed E-state index contributed by atoms with van der Waals surface area (Å²) in [5.41, 5.74) is 6.09. The van der Waals surface area contributed by atoms with Gasteiger partial charge in [-0.1, -0.05) is 36.4 Å². The van der Waals surface area contributed by atoms with Crippen LogP contribution in [0.1, 0.15) is 64.4 Å². The smallest absolute Gasteiger partial charge is 0.308 e. The zero-order chi connectivity index (χ0) is 36.0. The molecule has 2 bridgehead atoms. The normalized spacial score (nSPS) is 23.0. The summed E-state index contributed by atoms with van der Waals surface area (Å²) < 4.78 is 41.7. The number of hydrogen-bond acceptors (Lipinski definition) is 12. The Morgan fingerprint density at radius 2 is 1.76 bits per heavy atom. The number of ether oxygens (including phenoxy) is 7. The molecule has 4 aliphatic heterocycles. The molecule has 4 heterocycles. The van der Waals surface area contributed by atoms with Gasteiger partial charge in [0.25, 0.3) is 0 Å². The second kappa shape index (κ2) is 14.1. The zero-order valence-corrected chi connectivity index (χ0v) is 29.8. The maximum atomic E-state index is 13.4. The third kappa shape index (κ3) is 5.93. The highest BCUT2D eigenvalue weighted by molar-refractivity contribution is 5.74. The number of piperazine rings is 1. The maximum Gasteiger partial charge on any atom is 0.308 e. The van der Waals surface area contributed by atoms with Crippen molar-refractivity contribution < 1.29 is 42.7 Å². The fourth-order valence-corrected chi connectivity index (χ4v) is 8.65. The highest BCUT2D eigenvalue weighted by atomic mass is 16.7. The first-order valence-corrected chi connectivity index (χ1v) is 17.2. The number of hydrogen-bond donors (Lipinski definition) is 0. The topological polar surface area (TPSA) is 129 Å². The van der Waals surface area contributed by atoms with Crippen LogP contribution in [0.5, 0.6) is 28.7 Å². The van der Waals surface area contributed by atoms with Gasteiger partial charge in [0.2, 0.25) is 6.79 Å². The van der Waals surface area contributed by atoms with Crippen molar-refractivity contribution in [2.75, 3.05) is 41.5 Å². The summed E-state index contributed by atoms with van der Waals surface area (Å²) >= 11 is 0. The quantitative estimate of drug-likeness (QED) is 0.162. The first kappa shape index (κ1) is 34.6. The molecule has 7 rings (SSSR count).